The van der Waals surface area contributed by atoms with E-state index in [2.05, 4.69) is 97.8 Å². The summed E-state index contributed by atoms with van der Waals surface area (Å²) in [5.41, 5.74) is 8.34. The number of hydrogen-bond acceptors (Lipinski definition) is 5. The van der Waals surface area contributed by atoms with Gasteiger partial charge in [0.25, 0.3) is 0 Å². The van der Waals surface area contributed by atoms with E-state index in [0.717, 1.165) is 27.7 Å². The minimum absolute atomic E-state index is 0.0597. The number of hydrogen-bond donors (Lipinski definition) is 0. The average molecular weight is 586 g/mol. The van der Waals surface area contributed by atoms with Gasteiger partial charge in [0.15, 0.2) is 5.78 Å². The molecular formula is C39H27N3OS. The molecule has 0 spiro atoms. The highest BCUT2D eigenvalue weighted by molar-refractivity contribution is 7.98. The number of ketones is 1. The lowest BCUT2D eigenvalue weighted by atomic mass is 9.71. The number of para-hydroxylation sites is 1. The highest BCUT2D eigenvalue weighted by atomic mass is 32.2. The molecule has 0 aromatic heterocycles. The molecule has 210 valence electrons. The smallest absolute Gasteiger partial charge is 0.194 e. The Balaban J connectivity index is 1.41. The minimum Gasteiger partial charge on any atom is -0.310 e. The maximum absolute atomic E-state index is 13.5. The molecule has 0 saturated heterocycles. The maximum atomic E-state index is 13.5. The number of nitrogens with zero attached hydrogens (tertiary/aromatic N) is 3. The van der Waals surface area contributed by atoms with Gasteiger partial charge in [-0.15, -0.1) is 11.8 Å². The zero-order valence-electron chi connectivity index (χ0n) is 24.6. The van der Waals surface area contributed by atoms with Crippen LogP contribution in [0.15, 0.2) is 119 Å². The van der Waals surface area contributed by atoms with Gasteiger partial charge in [-0.3, -0.25) is 4.79 Å². The van der Waals surface area contributed by atoms with E-state index in [9.17, 15) is 15.3 Å². The van der Waals surface area contributed by atoms with Crippen LogP contribution in [0, 0.1) is 22.7 Å². The lowest BCUT2D eigenvalue weighted by Gasteiger charge is -2.42. The molecule has 0 unspecified atom stereocenters. The van der Waals surface area contributed by atoms with E-state index in [1.54, 1.807) is 30.0 Å². The second kappa shape index (κ2) is 10.4. The first kappa shape index (κ1) is 27.5. The standard InChI is InChI=1S/C39H27N3OS/c1-39(2)33-10-6-7-11-34(33)42(27-14-16-28(44-3)17-15-27)35-19-13-25-20-24(12-18-29(25)37(35)39)21-32-36(26(22-40)23-41)30-8-4-5-9-31(30)38(32)43/h4-21H,1-3H3/b32-21-. The van der Waals surface area contributed by atoms with Crippen LogP contribution in [-0.4, -0.2) is 12.0 Å². The summed E-state index contributed by atoms with van der Waals surface area (Å²) in [6.45, 7) is 4.57. The van der Waals surface area contributed by atoms with Crippen LogP contribution in [0.3, 0.4) is 0 Å². The summed E-state index contributed by atoms with van der Waals surface area (Å²) in [7, 11) is 0. The molecule has 44 heavy (non-hydrogen) atoms. The zero-order chi connectivity index (χ0) is 30.6. The van der Waals surface area contributed by atoms with Crippen LogP contribution in [0.5, 0.6) is 0 Å². The molecule has 2 aliphatic rings. The van der Waals surface area contributed by atoms with Gasteiger partial charge in [-0.25, -0.2) is 0 Å². The van der Waals surface area contributed by atoms with E-state index < -0.39 is 0 Å². The van der Waals surface area contributed by atoms with E-state index >= 15 is 0 Å². The number of Topliss-reactive ketones (excluding diaryl/α,β-unsaturated/α-hetero) is 1. The fourth-order valence-corrected chi connectivity index (χ4v) is 7.16. The van der Waals surface area contributed by atoms with Crippen LogP contribution in [0.2, 0.25) is 0 Å². The first-order valence-electron chi connectivity index (χ1n) is 14.4. The average Bonchev–Trinajstić information content (AvgIpc) is 3.32. The molecule has 0 amide bonds. The van der Waals surface area contributed by atoms with Crippen molar-refractivity contribution in [2.45, 2.75) is 24.2 Å². The van der Waals surface area contributed by atoms with Crippen LogP contribution in [0.25, 0.3) is 22.4 Å². The summed E-state index contributed by atoms with van der Waals surface area (Å²) < 4.78 is 0. The molecule has 1 heterocycles. The van der Waals surface area contributed by atoms with Crippen molar-refractivity contribution in [2.24, 2.45) is 0 Å². The number of carbonyl (C=O) groups is 1. The number of fused-ring (bicyclic) bond motifs is 5. The summed E-state index contributed by atoms with van der Waals surface area (Å²) in [5, 5.41) is 21.6. The Kier molecular flexibility index (Phi) is 6.51. The van der Waals surface area contributed by atoms with Gasteiger partial charge in [0.05, 0.1) is 11.4 Å². The topological polar surface area (TPSA) is 67.9 Å². The molecule has 5 heteroatoms. The third kappa shape index (κ3) is 4.09. The molecule has 0 bridgehead atoms. The molecule has 4 nitrogen and oxygen atoms in total. The van der Waals surface area contributed by atoms with Gasteiger partial charge in [0, 0.05) is 32.7 Å². The Hall–Kier alpha value is -5.36. The number of carbonyl (C=O) groups excluding carboxylic acids is 1. The second-order valence-electron chi connectivity index (χ2n) is 11.5. The van der Waals surface area contributed by atoms with Crippen LogP contribution in [-0.2, 0) is 5.41 Å². The molecule has 1 aliphatic carbocycles. The Morgan fingerprint density at radius 3 is 2.25 bits per heavy atom. The molecule has 0 fully saturated rings. The second-order valence-corrected chi connectivity index (χ2v) is 12.4. The first-order chi connectivity index (χ1) is 21.4. The van der Waals surface area contributed by atoms with Crippen molar-refractivity contribution in [3.63, 3.8) is 0 Å². The third-order valence-corrected chi connectivity index (χ3v) is 9.52. The molecule has 1 aliphatic heterocycles. The van der Waals surface area contributed by atoms with Crippen molar-refractivity contribution in [1.29, 1.82) is 10.5 Å². The first-order valence-corrected chi connectivity index (χ1v) is 15.6. The van der Waals surface area contributed by atoms with Crippen molar-refractivity contribution in [1.82, 2.24) is 0 Å². The fraction of sp³-hybridized carbons (Fsp3) is 0.103. The van der Waals surface area contributed by atoms with Gasteiger partial charge < -0.3 is 4.90 Å². The number of rotatable bonds is 3. The Morgan fingerprint density at radius 2 is 1.52 bits per heavy atom. The lowest BCUT2D eigenvalue weighted by Crippen LogP contribution is -2.30. The normalized spacial score (nSPS) is 15.4. The van der Waals surface area contributed by atoms with Gasteiger partial charge in [-0.05, 0) is 87.8 Å². The number of benzene rings is 5. The summed E-state index contributed by atoms with van der Waals surface area (Å²) in [4.78, 5) is 17.1. The minimum atomic E-state index is -0.269. The van der Waals surface area contributed by atoms with E-state index in [-0.39, 0.29) is 16.8 Å². The fourth-order valence-electron chi connectivity index (χ4n) is 6.75. The zero-order valence-corrected chi connectivity index (χ0v) is 25.4. The van der Waals surface area contributed by atoms with Crippen molar-refractivity contribution < 1.29 is 4.79 Å². The SMILES string of the molecule is CSc1ccc(N2c3ccccc3C(C)(C)c3c2ccc2cc(/C=C4\C(=O)c5ccccc5C4=C(C#N)C#N)ccc32)cc1. The highest BCUT2D eigenvalue weighted by Gasteiger charge is 2.38. The maximum Gasteiger partial charge on any atom is 0.194 e. The van der Waals surface area contributed by atoms with Crippen molar-refractivity contribution in [3.05, 3.63) is 142 Å². The van der Waals surface area contributed by atoms with E-state index in [1.807, 2.05) is 30.3 Å². The Bertz CT molecular complexity index is 2160. The molecule has 0 atom stereocenters. The molecule has 7 rings (SSSR count). The molecule has 0 N–H and O–H groups in total. The van der Waals surface area contributed by atoms with E-state index in [1.165, 1.54) is 21.7 Å². The quantitative estimate of drug-likeness (QED) is 0.120. The Morgan fingerprint density at radius 1 is 0.818 bits per heavy atom. The van der Waals surface area contributed by atoms with Gasteiger partial charge in [-0.1, -0.05) is 74.5 Å². The van der Waals surface area contributed by atoms with Crippen molar-refractivity contribution >= 4 is 57.0 Å². The van der Waals surface area contributed by atoms with Crippen LogP contribution >= 0.6 is 11.8 Å². The summed E-state index contributed by atoms with van der Waals surface area (Å²) in [6, 6.07) is 39.1. The predicted octanol–water partition coefficient (Wildman–Crippen LogP) is 9.75. The third-order valence-electron chi connectivity index (χ3n) is 8.78. The monoisotopic (exact) mass is 585 g/mol. The number of thioether (sulfide) groups is 1. The van der Waals surface area contributed by atoms with Crippen LogP contribution in [0.4, 0.5) is 17.1 Å². The predicted molar refractivity (Wildman–Crippen MR) is 179 cm³/mol. The number of anilines is 3. The number of nitriles is 2. The number of allylic oxidation sites excluding steroid dienone is 3. The van der Waals surface area contributed by atoms with Gasteiger partial charge >= 0.3 is 0 Å². The summed E-state index contributed by atoms with van der Waals surface area (Å²) in [5.74, 6) is -0.176. The molecular weight excluding hydrogens is 559 g/mol. The van der Waals surface area contributed by atoms with E-state index in [0.29, 0.717) is 22.3 Å². The van der Waals surface area contributed by atoms with Crippen LogP contribution in [0.1, 0.15) is 46.5 Å². The van der Waals surface area contributed by atoms with Crippen LogP contribution < -0.4 is 4.90 Å². The molecule has 0 saturated carbocycles. The van der Waals surface area contributed by atoms with Crippen molar-refractivity contribution in [3.8, 4) is 12.1 Å². The summed E-state index contributed by atoms with van der Waals surface area (Å²) in [6.07, 6.45) is 3.90. The van der Waals surface area contributed by atoms with Crippen molar-refractivity contribution in [2.75, 3.05) is 11.2 Å². The molecule has 0 radical (unpaired) electrons. The lowest BCUT2D eigenvalue weighted by molar-refractivity contribution is 0.104. The van der Waals surface area contributed by atoms with Gasteiger partial charge in [0.2, 0.25) is 0 Å². The largest absolute Gasteiger partial charge is 0.310 e. The Labute approximate surface area is 261 Å². The van der Waals surface area contributed by atoms with Gasteiger partial charge in [-0.2, -0.15) is 10.5 Å². The summed E-state index contributed by atoms with van der Waals surface area (Å²) >= 11 is 1.73. The van der Waals surface area contributed by atoms with Gasteiger partial charge in [0.1, 0.15) is 17.7 Å². The van der Waals surface area contributed by atoms with E-state index in [4.69, 9.17) is 0 Å². The molecule has 5 aromatic rings. The highest BCUT2D eigenvalue weighted by Crippen LogP contribution is 2.54. The molecule has 5 aromatic carbocycles.